The molecule has 0 aliphatic rings. The number of rotatable bonds is 3. The van der Waals surface area contributed by atoms with E-state index in [-0.39, 0.29) is 17.3 Å². The summed E-state index contributed by atoms with van der Waals surface area (Å²) in [5.74, 6) is 0.639. The fraction of sp³-hybridized carbons (Fsp3) is 0.467. The summed E-state index contributed by atoms with van der Waals surface area (Å²) in [5, 5.41) is 4.08. The molecule has 18 heavy (non-hydrogen) atoms. The van der Waals surface area contributed by atoms with Crippen LogP contribution in [0.5, 0.6) is 0 Å². The molecule has 0 radical (unpaired) electrons. The second kappa shape index (κ2) is 4.73. The highest BCUT2D eigenvalue weighted by Gasteiger charge is 2.21. The summed E-state index contributed by atoms with van der Waals surface area (Å²) < 4.78 is 18.9. The lowest BCUT2D eigenvalue weighted by atomic mass is 9.87. The molecule has 0 spiro atoms. The maximum atomic E-state index is 13.1. The van der Waals surface area contributed by atoms with Crippen molar-refractivity contribution in [1.29, 1.82) is 0 Å². The summed E-state index contributed by atoms with van der Waals surface area (Å²) in [4.78, 5) is 0. The lowest BCUT2D eigenvalue weighted by molar-refractivity contribution is 0.296. The first-order valence-corrected chi connectivity index (χ1v) is 6.25. The molecule has 0 aliphatic heterocycles. The zero-order valence-corrected chi connectivity index (χ0v) is 11.4. The predicted molar refractivity (Wildman–Crippen MR) is 72.0 cm³/mol. The highest BCUT2D eigenvalue weighted by molar-refractivity contribution is 5.78. The van der Waals surface area contributed by atoms with E-state index < -0.39 is 0 Å². The van der Waals surface area contributed by atoms with E-state index in [1.165, 1.54) is 12.1 Å². The molecular formula is C15H20FNO. The molecular weight excluding hydrogens is 229 g/mol. The maximum absolute atomic E-state index is 13.1. The third kappa shape index (κ3) is 2.91. The number of halogens is 1. The lowest BCUT2D eigenvalue weighted by Crippen LogP contribution is -2.21. The third-order valence-electron chi connectivity index (χ3n) is 3.01. The van der Waals surface area contributed by atoms with Gasteiger partial charge in [0.2, 0.25) is 0 Å². The second-order valence-electron chi connectivity index (χ2n) is 5.94. The molecule has 1 aromatic heterocycles. The summed E-state index contributed by atoms with van der Waals surface area (Å²) in [7, 11) is 1.92. The van der Waals surface area contributed by atoms with Crippen LogP contribution >= 0.6 is 0 Å². The number of furan rings is 1. The van der Waals surface area contributed by atoms with E-state index in [9.17, 15) is 4.39 Å². The van der Waals surface area contributed by atoms with Gasteiger partial charge in [-0.1, -0.05) is 20.8 Å². The molecule has 2 aromatic rings. The Morgan fingerprint density at radius 2 is 2.00 bits per heavy atom. The Labute approximate surface area is 107 Å². The van der Waals surface area contributed by atoms with Gasteiger partial charge < -0.3 is 9.73 Å². The largest absolute Gasteiger partial charge is 0.459 e. The number of benzene rings is 1. The SMILES string of the molecule is CNC(CC(C)(C)C)c1cc2cc(F)ccc2o1. The van der Waals surface area contributed by atoms with Crippen LogP contribution in [0.1, 0.15) is 39.0 Å². The lowest BCUT2D eigenvalue weighted by Gasteiger charge is -2.24. The average molecular weight is 249 g/mol. The van der Waals surface area contributed by atoms with E-state index in [0.717, 1.165) is 23.2 Å². The first kappa shape index (κ1) is 13.1. The molecule has 0 saturated heterocycles. The van der Waals surface area contributed by atoms with Crippen LogP contribution in [0.3, 0.4) is 0 Å². The van der Waals surface area contributed by atoms with Crippen molar-refractivity contribution in [2.45, 2.75) is 33.2 Å². The molecule has 1 unspecified atom stereocenters. The molecule has 1 aromatic carbocycles. The third-order valence-corrected chi connectivity index (χ3v) is 3.01. The van der Waals surface area contributed by atoms with Gasteiger partial charge in [0, 0.05) is 5.39 Å². The van der Waals surface area contributed by atoms with Gasteiger partial charge in [-0.15, -0.1) is 0 Å². The monoisotopic (exact) mass is 249 g/mol. The van der Waals surface area contributed by atoms with Crippen molar-refractivity contribution in [3.63, 3.8) is 0 Å². The molecule has 3 heteroatoms. The van der Waals surface area contributed by atoms with Gasteiger partial charge in [0.1, 0.15) is 17.2 Å². The summed E-state index contributed by atoms with van der Waals surface area (Å²) >= 11 is 0. The van der Waals surface area contributed by atoms with Gasteiger partial charge in [0.05, 0.1) is 6.04 Å². The number of hydrogen-bond donors (Lipinski definition) is 1. The van der Waals surface area contributed by atoms with Crippen molar-refractivity contribution >= 4 is 11.0 Å². The smallest absolute Gasteiger partial charge is 0.134 e. The zero-order chi connectivity index (χ0) is 13.3. The summed E-state index contributed by atoms with van der Waals surface area (Å²) in [6.07, 6.45) is 0.964. The summed E-state index contributed by atoms with van der Waals surface area (Å²) in [6, 6.07) is 6.68. The van der Waals surface area contributed by atoms with Gasteiger partial charge in [-0.2, -0.15) is 0 Å². The van der Waals surface area contributed by atoms with Crippen LogP contribution in [0.2, 0.25) is 0 Å². The molecule has 1 heterocycles. The van der Waals surface area contributed by atoms with E-state index in [0.29, 0.717) is 0 Å². The minimum atomic E-state index is -0.230. The Bertz CT molecular complexity index is 539. The van der Waals surface area contributed by atoms with E-state index in [4.69, 9.17) is 4.42 Å². The van der Waals surface area contributed by atoms with Crippen LogP contribution < -0.4 is 5.32 Å². The first-order chi connectivity index (χ1) is 8.39. The molecule has 1 N–H and O–H groups in total. The molecule has 2 rings (SSSR count). The van der Waals surface area contributed by atoms with E-state index in [2.05, 4.69) is 26.1 Å². The van der Waals surface area contributed by atoms with Crippen LogP contribution in [0.15, 0.2) is 28.7 Å². The van der Waals surface area contributed by atoms with Crippen LogP contribution in [0.4, 0.5) is 4.39 Å². The quantitative estimate of drug-likeness (QED) is 0.878. The van der Waals surface area contributed by atoms with Crippen LogP contribution in [0.25, 0.3) is 11.0 Å². The molecule has 0 saturated carbocycles. The predicted octanol–water partition coefficient (Wildman–Crippen LogP) is 4.27. The molecule has 0 bridgehead atoms. The normalized spacial score (nSPS) is 14.1. The summed E-state index contributed by atoms with van der Waals surface area (Å²) in [5.41, 5.74) is 0.943. The fourth-order valence-corrected chi connectivity index (χ4v) is 2.16. The average Bonchev–Trinajstić information content (AvgIpc) is 2.67. The molecule has 2 nitrogen and oxygen atoms in total. The van der Waals surface area contributed by atoms with Gasteiger partial charge in [0.15, 0.2) is 0 Å². The van der Waals surface area contributed by atoms with Gasteiger partial charge in [-0.3, -0.25) is 0 Å². The van der Waals surface area contributed by atoms with Crippen molar-refractivity contribution in [3.8, 4) is 0 Å². The minimum Gasteiger partial charge on any atom is -0.459 e. The van der Waals surface area contributed by atoms with Crippen LogP contribution in [0, 0.1) is 11.2 Å². The number of nitrogens with one attached hydrogen (secondary N) is 1. The maximum Gasteiger partial charge on any atom is 0.134 e. The topological polar surface area (TPSA) is 25.2 Å². The van der Waals surface area contributed by atoms with Crippen molar-refractivity contribution in [3.05, 3.63) is 35.8 Å². The van der Waals surface area contributed by atoms with Gasteiger partial charge in [-0.05, 0) is 43.1 Å². The van der Waals surface area contributed by atoms with Crippen molar-refractivity contribution < 1.29 is 8.81 Å². The minimum absolute atomic E-state index is 0.153. The molecule has 0 amide bonds. The summed E-state index contributed by atoms with van der Waals surface area (Å²) in [6.45, 7) is 6.58. The first-order valence-electron chi connectivity index (χ1n) is 6.25. The van der Waals surface area contributed by atoms with Crippen LogP contribution in [-0.2, 0) is 0 Å². The molecule has 0 fully saturated rings. The van der Waals surface area contributed by atoms with Crippen molar-refractivity contribution in [2.75, 3.05) is 7.05 Å². The molecule has 98 valence electrons. The van der Waals surface area contributed by atoms with Crippen molar-refractivity contribution in [1.82, 2.24) is 5.32 Å². The van der Waals surface area contributed by atoms with Crippen LogP contribution in [-0.4, -0.2) is 7.05 Å². The van der Waals surface area contributed by atoms with Gasteiger partial charge in [-0.25, -0.2) is 4.39 Å². The van der Waals surface area contributed by atoms with E-state index in [1.807, 2.05) is 13.1 Å². The molecule has 1 atom stereocenters. The van der Waals surface area contributed by atoms with E-state index >= 15 is 0 Å². The molecule has 0 aliphatic carbocycles. The van der Waals surface area contributed by atoms with Gasteiger partial charge >= 0.3 is 0 Å². The standard InChI is InChI=1S/C15H20FNO/c1-15(2,3)9-12(17-4)14-8-10-7-11(16)5-6-13(10)18-14/h5-8,12,17H,9H2,1-4H3. The highest BCUT2D eigenvalue weighted by atomic mass is 19.1. The van der Waals surface area contributed by atoms with Gasteiger partial charge in [0.25, 0.3) is 0 Å². The Balaban J connectivity index is 2.34. The second-order valence-corrected chi connectivity index (χ2v) is 5.94. The Morgan fingerprint density at radius 1 is 1.28 bits per heavy atom. The number of fused-ring (bicyclic) bond motifs is 1. The van der Waals surface area contributed by atoms with Crippen molar-refractivity contribution in [2.24, 2.45) is 5.41 Å². The Hall–Kier alpha value is -1.35. The number of hydrogen-bond acceptors (Lipinski definition) is 2. The Kier molecular flexibility index (Phi) is 3.44. The Morgan fingerprint density at radius 3 is 2.61 bits per heavy atom. The van der Waals surface area contributed by atoms with E-state index in [1.54, 1.807) is 6.07 Å². The highest BCUT2D eigenvalue weighted by Crippen LogP contribution is 2.32. The zero-order valence-electron chi connectivity index (χ0n) is 11.4. The fourth-order valence-electron chi connectivity index (χ4n) is 2.16.